The molecule has 1 aromatic rings. The van der Waals surface area contributed by atoms with E-state index < -0.39 is 10.0 Å². The molecule has 0 N–H and O–H groups in total. The minimum absolute atomic E-state index is 0.0242. The molecule has 3 heterocycles. The summed E-state index contributed by atoms with van der Waals surface area (Å²) in [5.74, 6) is 0.201. The van der Waals surface area contributed by atoms with Gasteiger partial charge in [-0.1, -0.05) is 24.3 Å². The summed E-state index contributed by atoms with van der Waals surface area (Å²) in [6.07, 6.45) is 4.66. The molecule has 0 aliphatic carbocycles. The molecule has 0 saturated carbocycles. The fraction of sp³-hybridized carbons (Fsp3) is 0.650. The highest BCUT2D eigenvalue weighted by Crippen LogP contribution is 2.27. The zero-order valence-corrected chi connectivity index (χ0v) is 16.8. The number of nitrogens with zero attached hydrogens (tertiary/aromatic N) is 3. The van der Waals surface area contributed by atoms with E-state index in [9.17, 15) is 13.2 Å². The largest absolute Gasteiger partial charge is 0.341 e. The molecule has 0 bridgehead atoms. The zero-order chi connectivity index (χ0) is 19.0. The van der Waals surface area contributed by atoms with E-state index >= 15 is 0 Å². The molecule has 0 radical (unpaired) electrons. The number of benzene rings is 1. The van der Waals surface area contributed by atoms with Crippen molar-refractivity contribution >= 4 is 15.9 Å². The van der Waals surface area contributed by atoms with Crippen molar-refractivity contribution in [3.05, 3.63) is 35.4 Å². The van der Waals surface area contributed by atoms with Gasteiger partial charge in [0.15, 0.2) is 0 Å². The molecule has 0 aromatic heterocycles. The third-order valence-corrected chi connectivity index (χ3v) is 7.73. The Kier molecular flexibility index (Phi) is 5.27. The molecule has 2 saturated heterocycles. The van der Waals surface area contributed by atoms with Gasteiger partial charge in [0.25, 0.3) is 0 Å². The molecule has 1 unspecified atom stereocenters. The Morgan fingerprint density at radius 3 is 2.41 bits per heavy atom. The van der Waals surface area contributed by atoms with Gasteiger partial charge in [0.2, 0.25) is 15.9 Å². The van der Waals surface area contributed by atoms with Gasteiger partial charge < -0.3 is 4.90 Å². The summed E-state index contributed by atoms with van der Waals surface area (Å²) in [5.41, 5.74) is 2.87. The molecule has 6 nitrogen and oxygen atoms in total. The maximum Gasteiger partial charge on any atom is 0.225 e. The predicted molar refractivity (Wildman–Crippen MR) is 105 cm³/mol. The number of piperidine rings is 1. The minimum Gasteiger partial charge on any atom is -0.341 e. The summed E-state index contributed by atoms with van der Waals surface area (Å²) in [6.45, 7) is 4.62. The number of rotatable bonds is 3. The van der Waals surface area contributed by atoms with Crippen LogP contribution in [0, 0.1) is 5.92 Å². The van der Waals surface area contributed by atoms with Gasteiger partial charge in [0.05, 0.1) is 6.26 Å². The summed E-state index contributed by atoms with van der Waals surface area (Å²) >= 11 is 0. The molecular formula is C20H29N3O3S. The number of hydrogen-bond acceptors (Lipinski definition) is 4. The summed E-state index contributed by atoms with van der Waals surface area (Å²) in [7, 11) is -3.14. The van der Waals surface area contributed by atoms with Crippen LogP contribution in [0.15, 0.2) is 24.3 Å². The van der Waals surface area contributed by atoms with E-state index in [2.05, 4.69) is 29.2 Å². The molecule has 1 amide bonds. The van der Waals surface area contributed by atoms with Crippen LogP contribution in [0.2, 0.25) is 0 Å². The first-order valence-electron chi connectivity index (χ1n) is 9.96. The van der Waals surface area contributed by atoms with Crippen LogP contribution in [-0.2, 0) is 27.8 Å². The van der Waals surface area contributed by atoms with E-state index in [0.29, 0.717) is 32.0 Å². The molecule has 1 atom stereocenters. The number of fused-ring (bicyclic) bond motifs is 1. The molecular weight excluding hydrogens is 362 g/mol. The van der Waals surface area contributed by atoms with E-state index in [0.717, 1.165) is 39.0 Å². The maximum atomic E-state index is 12.9. The maximum absolute atomic E-state index is 12.9. The van der Waals surface area contributed by atoms with Gasteiger partial charge in [0, 0.05) is 51.2 Å². The lowest BCUT2D eigenvalue weighted by Gasteiger charge is -2.34. The van der Waals surface area contributed by atoms with Crippen molar-refractivity contribution < 1.29 is 13.2 Å². The van der Waals surface area contributed by atoms with Gasteiger partial charge in [-0.15, -0.1) is 0 Å². The van der Waals surface area contributed by atoms with Crippen LogP contribution in [0.4, 0.5) is 0 Å². The van der Waals surface area contributed by atoms with Gasteiger partial charge in [-0.05, 0) is 36.8 Å². The lowest BCUT2D eigenvalue weighted by atomic mass is 9.96. The van der Waals surface area contributed by atoms with E-state index in [1.165, 1.54) is 21.7 Å². The van der Waals surface area contributed by atoms with Gasteiger partial charge in [-0.3, -0.25) is 9.69 Å². The third-order valence-electron chi connectivity index (χ3n) is 6.42. The molecule has 4 rings (SSSR count). The number of hydrogen-bond donors (Lipinski definition) is 0. The normalized spacial score (nSPS) is 25.5. The standard InChI is InChI=1S/C20H29N3O3S/c1-27(25,26)23-12-7-17(8-13-23)20(24)22-11-9-19(15-22)21-10-6-16-4-2-3-5-18(16)14-21/h2-5,17,19H,6-15H2,1H3. The van der Waals surface area contributed by atoms with E-state index in [1.807, 2.05) is 4.90 Å². The van der Waals surface area contributed by atoms with Gasteiger partial charge in [0.1, 0.15) is 0 Å². The molecule has 2 fully saturated rings. The predicted octanol–water partition coefficient (Wildman–Crippen LogP) is 1.32. The van der Waals surface area contributed by atoms with Crippen molar-refractivity contribution in [2.75, 3.05) is 39.0 Å². The Balaban J connectivity index is 1.32. The Labute approximate surface area is 162 Å². The average Bonchev–Trinajstić information content (AvgIpc) is 3.16. The van der Waals surface area contributed by atoms with Gasteiger partial charge >= 0.3 is 0 Å². The highest BCUT2D eigenvalue weighted by Gasteiger charge is 2.36. The molecule has 27 heavy (non-hydrogen) atoms. The first-order chi connectivity index (χ1) is 12.9. The van der Waals surface area contributed by atoms with Crippen LogP contribution in [-0.4, -0.2) is 73.5 Å². The van der Waals surface area contributed by atoms with E-state index in [1.54, 1.807) is 0 Å². The number of likely N-dealkylation sites (tertiary alicyclic amines) is 1. The summed E-state index contributed by atoms with van der Waals surface area (Å²) in [6, 6.07) is 9.10. The highest BCUT2D eigenvalue weighted by atomic mass is 32.2. The second-order valence-electron chi connectivity index (χ2n) is 8.15. The van der Waals surface area contributed by atoms with Crippen molar-refractivity contribution in [2.24, 2.45) is 5.92 Å². The Morgan fingerprint density at radius 1 is 1.00 bits per heavy atom. The van der Waals surface area contributed by atoms with E-state index in [4.69, 9.17) is 0 Å². The summed E-state index contributed by atoms with van der Waals surface area (Å²) in [5, 5.41) is 0. The van der Waals surface area contributed by atoms with Gasteiger partial charge in [-0.2, -0.15) is 0 Å². The van der Waals surface area contributed by atoms with Crippen molar-refractivity contribution in [1.29, 1.82) is 0 Å². The molecule has 0 spiro atoms. The second kappa shape index (κ2) is 7.53. The SMILES string of the molecule is CS(=O)(=O)N1CCC(C(=O)N2CCC(N3CCc4ccccc4C3)C2)CC1. The lowest BCUT2D eigenvalue weighted by Crippen LogP contribution is -2.45. The molecule has 3 aliphatic heterocycles. The summed E-state index contributed by atoms with van der Waals surface area (Å²) < 4.78 is 24.8. The first-order valence-corrected chi connectivity index (χ1v) is 11.8. The Hall–Kier alpha value is -1.44. The van der Waals surface area contributed by atoms with E-state index in [-0.39, 0.29) is 11.8 Å². The number of sulfonamides is 1. The van der Waals surface area contributed by atoms with Crippen LogP contribution < -0.4 is 0 Å². The van der Waals surface area contributed by atoms with Gasteiger partial charge in [-0.25, -0.2) is 12.7 Å². The number of carbonyl (C=O) groups excluding carboxylic acids is 1. The number of carbonyl (C=O) groups is 1. The topological polar surface area (TPSA) is 60.9 Å². The van der Waals surface area contributed by atoms with Crippen molar-refractivity contribution in [3.8, 4) is 0 Å². The molecule has 3 aliphatic rings. The van der Waals surface area contributed by atoms with Crippen molar-refractivity contribution in [2.45, 2.75) is 38.3 Å². The second-order valence-corrected chi connectivity index (χ2v) is 10.1. The van der Waals surface area contributed by atoms with Crippen molar-refractivity contribution in [1.82, 2.24) is 14.1 Å². The Bertz CT molecular complexity index is 802. The first kappa shape index (κ1) is 18.9. The highest BCUT2D eigenvalue weighted by molar-refractivity contribution is 7.88. The van der Waals surface area contributed by atoms with Crippen LogP contribution in [0.3, 0.4) is 0 Å². The van der Waals surface area contributed by atoms with Crippen LogP contribution in [0.25, 0.3) is 0 Å². The summed E-state index contributed by atoms with van der Waals surface area (Å²) in [4.78, 5) is 17.5. The minimum atomic E-state index is -3.14. The molecule has 1 aromatic carbocycles. The fourth-order valence-electron chi connectivity index (χ4n) is 4.76. The monoisotopic (exact) mass is 391 g/mol. The third kappa shape index (κ3) is 4.05. The Morgan fingerprint density at radius 2 is 1.70 bits per heavy atom. The fourth-order valence-corrected chi connectivity index (χ4v) is 5.64. The molecule has 7 heteroatoms. The number of amides is 1. The van der Waals surface area contributed by atoms with Crippen molar-refractivity contribution in [3.63, 3.8) is 0 Å². The molecule has 148 valence electrons. The van der Waals surface area contributed by atoms with Crippen LogP contribution in [0.1, 0.15) is 30.4 Å². The average molecular weight is 392 g/mol. The quantitative estimate of drug-likeness (QED) is 0.780. The smallest absolute Gasteiger partial charge is 0.225 e. The lowest BCUT2D eigenvalue weighted by molar-refractivity contribution is -0.135. The zero-order valence-electron chi connectivity index (χ0n) is 16.0. The van der Waals surface area contributed by atoms with Crippen LogP contribution >= 0.6 is 0 Å². The van der Waals surface area contributed by atoms with Crippen LogP contribution in [0.5, 0.6) is 0 Å².